The molecule has 2 aliphatic rings. The highest BCUT2D eigenvalue weighted by molar-refractivity contribution is 6.06. The van der Waals surface area contributed by atoms with Gasteiger partial charge in [-0.3, -0.25) is 9.89 Å². The highest BCUT2D eigenvalue weighted by Crippen LogP contribution is 2.37. The summed E-state index contributed by atoms with van der Waals surface area (Å²) >= 11 is 0. The minimum atomic E-state index is 0.116. The van der Waals surface area contributed by atoms with Gasteiger partial charge in [0.1, 0.15) is 0 Å². The molecule has 122 valence electrons. The average molecular weight is 313 g/mol. The molecule has 1 spiro atoms. The van der Waals surface area contributed by atoms with Gasteiger partial charge in [0, 0.05) is 31.0 Å². The van der Waals surface area contributed by atoms with E-state index in [-0.39, 0.29) is 5.91 Å². The second-order valence-electron chi connectivity index (χ2n) is 7.08. The average Bonchev–Trinajstić information content (AvgIpc) is 3.14. The van der Waals surface area contributed by atoms with Gasteiger partial charge in [0.05, 0.1) is 10.9 Å². The number of rotatable bonds is 1. The van der Waals surface area contributed by atoms with E-state index in [1.165, 1.54) is 6.42 Å². The molecule has 4 heterocycles. The van der Waals surface area contributed by atoms with Crippen LogP contribution in [0.25, 0.3) is 11.0 Å². The summed E-state index contributed by atoms with van der Waals surface area (Å²) in [5.74, 6) is 0.116. The van der Waals surface area contributed by atoms with Crippen molar-refractivity contribution < 1.29 is 4.79 Å². The summed E-state index contributed by atoms with van der Waals surface area (Å²) in [6.45, 7) is 7.77. The van der Waals surface area contributed by atoms with Gasteiger partial charge < -0.3 is 10.2 Å². The number of fused-ring (bicyclic) bond motifs is 1. The molecule has 2 aromatic rings. The van der Waals surface area contributed by atoms with E-state index in [0.717, 1.165) is 61.4 Å². The van der Waals surface area contributed by atoms with Crippen LogP contribution < -0.4 is 5.32 Å². The van der Waals surface area contributed by atoms with Crippen molar-refractivity contribution in [3.05, 3.63) is 23.0 Å². The standard InChI is InChI=1S/C17H23N5O/c1-11-9-13(14-12(2)20-21-15(14)19-11)16(23)22-7-4-17(5-8-22)3-6-18-10-17/h9,18H,3-8,10H2,1-2H3,(H,19,20,21). The van der Waals surface area contributed by atoms with E-state index in [4.69, 9.17) is 0 Å². The van der Waals surface area contributed by atoms with E-state index in [0.29, 0.717) is 11.1 Å². The van der Waals surface area contributed by atoms with E-state index < -0.39 is 0 Å². The monoisotopic (exact) mass is 313 g/mol. The normalized spacial score (nSPS) is 20.5. The zero-order chi connectivity index (χ0) is 16.0. The van der Waals surface area contributed by atoms with Crippen LogP contribution in [-0.2, 0) is 0 Å². The van der Waals surface area contributed by atoms with E-state index in [9.17, 15) is 4.79 Å². The Morgan fingerprint density at radius 3 is 2.74 bits per heavy atom. The molecule has 0 aromatic carbocycles. The molecule has 2 aliphatic heterocycles. The van der Waals surface area contributed by atoms with Crippen molar-refractivity contribution in [2.75, 3.05) is 26.2 Å². The van der Waals surface area contributed by atoms with Crippen molar-refractivity contribution in [3.63, 3.8) is 0 Å². The Bertz CT molecular complexity index is 750. The molecule has 0 radical (unpaired) electrons. The lowest BCUT2D eigenvalue weighted by Crippen LogP contribution is -2.44. The van der Waals surface area contributed by atoms with Gasteiger partial charge in [-0.2, -0.15) is 5.10 Å². The second kappa shape index (κ2) is 5.30. The van der Waals surface area contributed by atoms with E-state index in [2.05, 4.69) is 20.5 Å². The van der Waals surface area contributed by atoms with Gasteiger partial charge in [0.15, 0.2) is 5.65 Å². The smallest absolute Gasteiger partial charge is 0.254 e. The number of nitrogens with zero attached hydrogens (tertiary/aromatic N) is 3. The molecule has 2 N–H and O–H groups in total. The summed E-state index contributed by atoms with van der Waals surface area (Å²) in [7, 11) is 0. The Kier molecular flexibility index (Phi) is 3.37. The number of carbonyl (C=O) groups is 1. The Morgan fingerprint density at radius 1 is 1.26 bits per heavy atom. The molecule has 2 aromatic heterocycles. The largest absolute Gasteiger partial charge is 0.339 e. The number of H-pyrrole nitrogens is 1. The fourth-order valence-corrected chi connectivity index (χ4v) is 4.05. The van der Waals surface area contributed by atoms with Gasteiger partial charge in [-0.15, -0.1) is 0 Å². The van der Waals surface area contributed by atoms with Crippen molar-refractivity contribution in [2.24, 2.45) is 5.41 Å². The summed E-state index contributed by atoms with van der Waals surface area (Å²) in [6.07, 6.45) is 3.45. The summed E-state index contributed by atoms with van der Waals surface area (Å²) in [6, 6.07) is 1.90. The van der Waals surface area contributed by atoms with Crippen molar-refractivity contribution in [2.45, 2.75) is 33.1 Å². The molecule has 0 unspecified atom stereocenters. The summed E-state index contributed by atoms with van der Waals surface area (Å²) in [5.41, 5.74) is 3.54. The van der Waals surface area contributed by atoms with Crippen molar-refractivity contribution in [1.29, 1.82) is 0 Å². The number of hydrogen-bond donors (Lipinski definition) is 2. The third kappa shape index (κ3) is 2.41. The number of hydrogen-bond acceptors (Lipinski definition) is 4. The molecule has 1 amide bonds. The van der Waals surface area contributed by atoms with Gasteiger partial charge >= 0.3 is 0 Å². The van der Waals surface area contributed by atoms with Gasteiger partial charge in [-0.25, -0.2) is 4.98 Å². The number of aromatic amines is 1. The van der Waals surface area contributed by atoms with Gasteiger partial charge in [0.2, 0.25) is 0 Å². The van der Waals surface area contributed by atoms with Crippen LogP contribution in [0.1, 0.15) is 41.0 Å². The van der Waals surface area contributed by atoms with Crippen molar-refractivity contribution in [1.82, 2.24) is 25.4 Å². The Morgan fingerprint density at radius 2 is 2.04 bits per heavy atom. The second-order valence-corrected chi connectivity index (χ2v) is 7.08. The zero-order valence-electron chi connectivity index (χ0n) is 13.8. The first-order chi connectivity index (χ1) is 11.1. The summed E-state index contributed by atoms with van der Waals surface area (Å²) < 4.78 is 0. The topological polar surface area (TPSA) is 73.9 Å². The Balaban J connectivity index is 1.61. The maximum absolute atomic E-state index is 13.1. The first kappa shape index (κ1) is 14.6. The molecule has 6 nitrogen and oxygen atoms in total. The third-order valence-corrected chi connectivity index (χ3v) is 5.51. The number of carbonyl (C=O) groups excluding carboxylic acids is 1. The number of likely N-dealkylation sites (tertiary alicyclic amines) is 1. The Hall–Kier alpha value is -1.95. The van der Waals surface area contributed by atoms with Crippen molar-refractivity contribution in [3.8, 4) is 0 Å². The van der Waals surface area contributed by atoms with Crippen LogP contribution in [0.3, 0.4) is 0 Å². The number of amides is 1. The highest BCUT2D eigenvalue weighted by Gasteiger charge is 2.38. The van der Waals surface area contributed by atoms with Crippen molar-refractivity contribution >= 4 is 16.9 Å². The lowest BCUT2D eigenvalue weighted by atomic mass is 9.77. The molecule has 0 aliphatic carbocycles. The number of piperidine rings is 1. The molecule has 23 heavy (non-hydrogen) atoms. The van der Waals surface area contributed by atoms with Crippen LogP contribution in [0.4, 0.5) is 0 Å². The third-order valence-electron chi connectivity index (χ3n) is 5.51. The fourth-order valence-electron chi connectivity index (χ4n) is 4.05. The van der Waals surface area contributed by atoms with Gasteiger partial charge in [-0.1, -0.05) is 0 Å². The van der Waals surface area contributed by atoms with Crippen LogP contribution in [0.2, 0.25) is 0 Å². The molecule has 0 saturated carbocycles. The quantitative estimate of drug-likeness (QED) is 0.842. The van der Waals surface area contributed by atoms with E-state index in [1.54, 1.807) is 0 Å². The maximum atomic E-state index is 13.1. The number of nitrogens with one attached hydrogen (secondary N) is 2. The van der Waals surface area contributed by atoms with E-state index in [1.807, 2.05) is 24.8 Å². The fraction of sp³-hybridized carbons (Fsp3) is 0.588. The molecule has 0 atom stereocenters. The van der Waals surface area contributed by atoms with Crippen LogP contribution in [0, 0.1) is 19.3 Å². The predicted molar refractivity (Wildman–Crippen MR) is 88.4 cm³/mol. The molecule has 4 rings (SSSR count). The minimum Gasteiger partial charge on any atom is -0.339 e. The van der Waals surface area contributed by atoms with Crippen LogP contribution in [0.15, 0.2) is 6.07 Å². The number of pyridine rings is 1. The molecular formula is C17H23N5O. The SMILES string of the molecule is Cc1cc(C(=O)N2CCC3(CCNC3)CC2)c2c(C)[nH]nc2n1. The molecule has 2 saturated heterocycles. The number of aryl methyl sites for hydroxylation is 2. The van der Waals surface area contributed by atoms with Crippen LogP contribution in [0.5, 0.6) is 0 Å². The van der Waals surface area contributed by atoms with Gasteiger partial charge in [-0.05, 0) is 51.1 Å². The Labute approximate surface area is 135 Å². The zero-order valence-corrected chi connectivity index (χ0v) is 13.8. The summed E-state index contributed by atoms with van der Waals surface area (Å²) in [5, 5.41) is 11.5. The molecule has 2 fully saturated rings. The maximum Gasteiger partial charge on any atom is 0.254 e. The van der Waals surface area contributed by atoms with Crippen LogP contribution in [-0.4, -0.2) is 52.2 Å². The van der Waals surface area contributed by atoms with Crippen LogP contribution >= 0.6 is 0 Å². The highest BCUT2D eigenvalue weighted by atomic mass is 16.2. The lowest BCUT2D eigenvalue weighted by molar-refractivity contribution is 0.0609. The molecule has 6 heteroatoms. The van der Waals surface area contributed by atoms with E-state index >= 15 is 0 Å². The first-order valence-electron chi connectivity index (χ1n) is 8.40. The minimum absolute atomic E-state index is 0.116. The molecule has 0 bridgehead atoms. The summed E-state index contributed by atoms with van der Waals surface area (Å²) in [4.78, 5) is 19.5. The van der Waals surface area contributed by atoms with Gasteiger partial charge in [0.25, 0.3) is 5.91 Å². The lowest BCUT2D eigenvalue weighted by Gasteiger charge is -2.39. The number of aromatic nitrogens is 3. The molecular weight excluding hydrogens is 290 g/mol. The first-order valence-corrected chi connectivity index (χ1v) is 8.40. The predicted octanol–water partition coefficient (Wildman–Crippen LogP) is 1.79.